The van der Waals surface area contributed by atoms with Gasteiger partial charge < -0.3 is 10.6 Å². The lowest BCUT2D eigenvalue weighted by molar-refractivity contribution is -0.137. The number of pyridine rings is 1. The molecule has 0 bridgehead atoms. The molecule has 0 unspecified atom stereocenters. The van der Waals surface area contributed by atoms with Crippen LogP contribution < -0.4 is 16.0 Å². The third-order valence-electron chi connectivity index (χ3n) is 5.55. The largest absolute Gasteiger partial charge is 0.416 e. The van der Waals surface area contributed by atoms with E-state index in [1.165, 1.54) is 35.7 Å². The van der Waals surface area contributed by atoms with Gasteiger partial charge in [-0.15, -0.1) is 0 Å². The van der Waals surface area contributed by atoms with E-state index in [9.17, 15) is 27.2 Å². The van der Waals surface area contributed by atoms with Crippen molar-refractivity contribution in [3.8, 4) is 11.1 Å². The molecule has 0 spiro atoms. The van der Waals surface area contributed by atoms with Crippen LogP contribution in [0.5, 0.6) is 0 Å². The van der Waals surface area contributed by atoms with Gasteiger partial charge in [-0.1, -0.05) is 6.07 Å². The van der Waals surface area contributed by atoms with Crippen LogP contribution >= 0.6 is 11.3 Å². The average molecular weight is 558 g/mol. The number of alkyl halides is 3. The number of nitrogens with zero attached hydrogens (tertiary/aromatic N) is 2. The number of halogens is 5. The Labute approximate surface area is 219 Å². The van der Waals surface area contributed by atoms with Gasteiger partial charge >= 0.3 is 12.2 Å². The normalized spacial score (nSPS) is 11.4. The number of aromatic nitrogens is 3. The number of carbonyl (C=O) groups is 2. The second-order valence-electron chi connectivity index (χ2n) is 8.09. The van der Waals surface area contributed by atoms with Crippen LogP contribution in [-0.2, 0) is 6.18 Å². The van der Waals surface area contributed by atoms with Gasteiger partial charge in [-0.2, -0.15) is 29.6 Å². The molecule has 0 saturated heterocycles. The molecule has 39 heavy (non-hydrogen) atoms. The molecular weight excluding hydrogens is 543 g/mol. The number of fused-ring (bicyclic) bond motifs is 1. The molecule has 14 heteroatoms. The van der Waals surface area contributed by atoms with Crippen molar-refractivity contribution >= 4 is 51.5 Å². The summed E-state index contributed by atoms with van der Waals surface area (Å²) in [5, 5.41) is 17.2. The van der Waals surface area contributed by atoms with Crippen LogP contribution in [0, 0.1) is 11.6 Å². The molecule has 5 aromatic rings. The maximum Gasteiger partial charge on any atom is 0.416 e. The van der Waals surface area contributed by atoms with E-state index in [0.717, 1.165) is 0 Å². The van der Waals surface area contributed by atoms with Gasteiger partial charge in [-0.25, -0.2) is 18.6 Å². The molecule has 4 N–H and O–H groups in total. The Morgan fingerprint density at radius 3 is 2.46 bits per heavy atom. The second-order valence-corrected chi connectivity index (χ2v) is 8.87. The van der Waals surface area contributed by atoms with Crippen molar-refractivity contribution in [2.45, 2.75) is 6.18 Å². The molecule has 3 aromatic heterocycles. The minimum absolute atomic E-state index is 0.0231. The first kappa shape index (κ1) is 25.8. The molecule has 5 rings (SSSR count). The molecule has 0 aliphatic heterocycles. The molecule has 0 fully saturated rings. The number of rotatable bonds is 5. The van der Waals surface area contributed by atoms with E-state index in [-0.39, 0.29) is 28.6 Å². The van der Waals surface area contributed by atoms with Crippen molar-refractivity contribution < 1.29 is 31.5 Å². The van der Waals surface area contributed by atoms with Crippen LogP contribution in [0.1, 0.15) is 15.9 Å². The number of nitrogens with one attached hydrogen (secondary N) is 4. The van der Waals surface area contributed by atoms with Crippen molar-refractivity contribution in [1.82, 2.24) is 15.2 Å². The van der Waals surface area contributed by atoms with Gasteiger partial charge in [0.25, 0.3) is 5.91 Å². The predicted molar refractivity (Wildman–Crippen MR) is 136 cm³/mol. The fraction of sp³-hybridized carbons (Fsp3) is 0.0400. The number of anilines is 3. The van der Waals surface area contributed by atoms with E-state index in [1.807, 2.05) is 5.32 Å². The first-order valence-corrected chi connectivity index (χ1v) is 12.0. The minimum atomic E-state index is -4.72. The summed E-state index contributed by atoms with van der Waals surface area (Å²) in [6, 6.07) is 8.07. The number of benzene rings is 2. The Kier molecular flexibility index (Phi) is 6.70. The zero-order valence-corrected chi connectivity index (χ0v) is 20.2. The third kappa shape index (κ3) is 5.40. The maximum atomic E-state index is 15.3. The fourth-order valence-corrected chi connectivity index (χ4v) is 4.28. The molecule has 0 aliphatic rings. The van der Waals surface area contributed by atoms with Gasteiger partial charge in [0.15, 0.2) is 11.6 Å². The number of H-pyrrole nitrogens is 1. The summed E-state index contributed by atoms with van der Waals surface area (Å²) in [7, 11) is 0. The van der Waals surface area contributed by atoms with Crippen LogP contribution in [-0.4, -0.2) is 27.1 Å². The van der Waals surface area contributed by atoms with E-state index in [0.29, 0.717) is 34.7 Å². The monoisotopic (exact) mass is 558 g/mol. The highest BCUT2D eigenvalue weighted by molar-refractivity contribution is 7.08. The summed E-state index contributed by atoms with van der Waals surface area (Å²) < 4.78 is 67.8. The molecule has 0 atom stereocenters. The van der Waals surface area contributed by atoms with Crippen LogP contribution in [0.2, 0.25) is 0 Å². The highest BCUT2D eigenvalue weighted by Crippen LogP contribution is 2.33. The maximum absolute atomic E-state index is 15.3. The summed E-state index contributed by atoms with van der Waals surface area (Å²) >= 11 is 1.36. The van der Waals surface area contributed by atoms with E-state index in [2.05, 4.69) is 25.8 Å². The Morgan fingerprint density at radius 2 is 1.77 bits per heavy atom. The topological polar surface area (TPSA) is 112 Å². The van der Waals surface area contributed by atoms with Gasteiger partial charge in [0.1, 0.15) is 17.2 Å². The van der Waals surface area contributed by atoms with Gasteiger partial charge in [0.2, 0.25) is 0 Å². The highest BCUT2D eigenvalue weighted by atomic mass is 32.1. The lowest BCUT2D eigenvalue weighted by atomic mass is 10.0. The van der Waals surface area contributed by atoms with Crippen LogP contribution in [0.3, 0.4) is 0 Å². The van der Waals surface area contributed by atoms with Gasteiger partial charge in [0, 0.05) is 28.1 Å². The summed E-state index contributed by atoms with van der Waals surface area (Å²) in [5.74, 6) is -1.96. The number of urea groups is 1. The van der Waals surface area contributed by atoms with Crippen molar-refractivity contribution in [2.24, 2.45) is 0 Å². The van der Waals surface area contributed by atoms with Gasteiger partial charge in [-0.3, -0.25) is 15.2 Å². The molecule has 198 valence electrons. The number of hydrogen-bond acceptors (Lipinski definition) is 5. The lowest BCUT2D eigenvalue weighted by Crippen LogP contribution is -2.21. The summed E-state index contributed by atoms with van der Waals surface area (Å²) in [5.41, 5.74) is -0.812. The Bertz CT molecular complexity index is 1680. The third-order valence-corrected chi connectivity index (χ3v) is 6.23. The zero-order chi connectivity index (χ0) is 27.7. The molecule has 0 saturated carbocycles. The van der Waals surface area contributed by atoms with Crippen LogP contribution in [0.15, 0.2) is 65.5 Å². The zero-order valence-electron chi connectivity index (χ0n) is 19.4. The highest BCUT2D eigenvalue weighted by Gasteiger charge is 2.31. The molecule has 2 aromatic carbocycles. The lowest BCUT2D eigenvalue weighted by Gasteiger charge is -2.12. The standard InChI is InChI=1S/C25H15F5N6O2S/c26-17-5-2-14(25(28,29)30)9-18(17)32-24(38)33-19-6-1-12(10-31-19)15-3-4-16-21(20(15)27)35-36-22(16)34-23(37)13-7-8-39-11-13/h1-11H,(H2,31,32,33,38)(H2,34,35,36,37). The number of aromatic amines is 1. The van der Waals surface area contributed by atoms with E-state index < -0.39 is 35.1 Å². The molecule has 3 amide bonds. The van der Waals surface area contributed by atoms with Crippen LogP contribution in [0.25, 0.3) is 22.0 Å². The summed E-state index contributed by atoms with van der Waals surface area (Å²) in [6.07, 6.45) is -3.45. The van der Waals surface area contributed by atoms with E-state index in [1.54, 1.807) is 22.9 Å². The van der Waals surface area contributed by atoms with Gasteiger partial charge in [0.05, 0.1) is 16.8 Å². The SMILES string of the molecule is O=C(Nc1ccc(-c2ccc3c(NC(=O)c4ccsc4)n[nH]c3c2F)cn1)Nc1cc(C(F)(F)F)ccc1F. The first-order valence-electron chi connectivity index (χ1n) is 11.0. The van der Waals surface area contributed by atoms with Crippen molar-refractivity contribution in [2.75, 3.05) is 16.0 Å². The summed E-state index contributed by atoms with van der Waals surface area (Å²) in [6.45, 7) is 0. The van der Waals surface area contributed by atoms with E-state index in [4.69, 9.17) is 0 Å². The molecular formula is C25H15F5N6O2S. The van der Waals surface area contributed by atoms with Crippen molar-refractivity contribution in [1.29, 1.82) is 0 Å². The number of carbonyl (C=O) groups excluding carboxylic acids is 2. The Morgan fingerprint density at radius 1 is 0.949 bits per heavy atom. The first-order chi connectivity index (χ1) is 18.6. The second kappa shape index (κ2) is 10.1. The average Bonchev–Trinajstić information content (AvgIpc) is 3.57. The molecule has 0 aliphatic carbocycles. The summed E-state index contributed by atoms with van der Waals surface area (Å²) in [4.78, 5) is 28.5. The quantitative estimate of drug-likeness (QED) is 0.176. The van der Waals surface area contributed by atoms with Crippen molar-refractivity contribution in [3.05, 3.63) is 88.2 Å². The molecule has 8 nitrogen and oxygen atoms in total. The number of thiophene rings is 1. The number of amides is 3. The predicted octanol–water partition coefficient (Wildman–Crippen LogP) is 6.88. The van der Waals surface area contributed by atoms with E-state index >= 15 is 4.39 Å². The number of hydrogen-bond donors (Lipinski definition) is 4. The molecule has 0 radical (unpaired) electrons. The molecule has 3 heterocycles. The van der Waals surface area contributed by atoms with Crippen LogP contribution in [0.4, 0.5) is 44.1 Å². The Hall–Kier alpha value is -4.85. The van der Waals surface area contributed by atoms with Gasteiger partial charge in [-0.05, 0) is 47.8 Å². The fourth-order valence-electron chi connectivity index (χ4n) is 3.64. The minimum Gasteiger partial charge on any atom is -0.305 e. The Balaban J connectivity index is 1.30. The van der Waals surface area contributed by atoms with Crippen molar-refractivity contribution in [3.63, 3.8) is 0 Å². The smallest absolute Gasteiger partial charge is 0.305 e.